The van der Waals surface area contributed by atoms with Gasteiger partial charge in [-0.1, -0.05) is 6.92 Å². The lowest BCUT2D eigenvalue weighted by Gasteiger charge is -2.24. The number of aromatic amines is 1. The fraction of sp³-hybridized carbons (Fsp3) is 0.500. The van der Waals surface area contributed by atoms with E-state index in [0.29, 0.717) is 18.8 Å². The van der Waals surface area contributed by atoms with Crippen molar-refractivity contribution in [2.24, 2.45) is 0 Å². The molecule has 0 saturated carbocycles. The number of H-pyrrole nitrogens is 1. The van der Waals surface area contributed by atoms with Gasteiger partial charge < -0.3 is 19.0 Å². The summed E-state index contributed by atoms with van der Waals surface area (Å²) < 4.78 is 11.0. The van der Waals surface area contributed by atoms with Crippen LogP contribution in [0.4, 0.5) is 0 Å². The lowest BCUT2D eigenvalue weighted by molar-refractivity contribution is 0.0487. The number of nitrogens with zero attached hydrogens (tertiary/aromatic N) is 2. The van der Waals surface area contributed by atoms with E-state index in [-0.39, 0.29) is 12.0 Å². The predicted molar refractivity (Wildman–Crippen MR) is 80.4 cm³/mol. The van der Waals surface area contributed by atoms with Gasteiger partial charge in [-0.25, -0.2) is 4.98 Å². The van der Waals surface area contributed by atoms with E-state index in [2.05, 4.69) is 9.97 Å². The molecule has 1 fully saturated rings. The molecule has 1 N–H and O–H groups in total. The standard InChI is InChI=1S/C16H21N3O3/c1-2-15-17-9-14(18-15)16(20)19(10-12-5-3-7-21-12)11-13-6-4-8-22-13/h3,5,7,9,13H,2,4,6,8,10-11H2,1H3,(H,17,18)/t13-/m0/s1. The second-order valence-electron chi connectivity index (χ2n) is 5.50. The maximum absolute atomic E-state index is 12.7. The quantitative estimate of drug-likeness (QED) is 0.889. The zero-order valence-corrected chi connectivity index (χ0v) is 12.7. The van der Waals surface area contributed by atoms with Crippen molar-refractivity contribution in [3.05, 3.63) is 41.9 Å². The van der Waals surface area contributed by atoms with Crippen molar-refractivity contribution in [1.82, 2.24) is 14.9 Å². The molecule has 1 aliphatic rings. The monoisotopic (exact) mass is 303 g/mol. The van der Waals surface area contributed by atoms with Gasteiger partial charge in [0.05, 0.1) is 25.1 Å². The van der Waals surface area contributed by atoms with Crippen LogP contribution in [0.3, 0.4) is 0 Å². The number of furan rings is 1. The molecule has 6 nitrogen and oxygen atoms in total. The van der Waals surface area contributed by atoms with Gasteiger partial charge in [0.15, 0.2) is 0 Å². The summed E-state index contributed by atoms with van der Waals surface area (Å²) in [5.41, 5.74) is 0.515. The Bertz CT molecular complexity index is 600. The molecule has 0 spiro atoms. The molecule has 2 aromatic heterocycles. The van der Waals surface area contributed by atoms with Crippen LogP contribution in [-0.4, -0.2) is 40.0 Å². The van der Waals surface area contributed by atoms with Gasteiger partial charge in [0, 0.05) is 19.6 Å². The third-order valence-electron chi connectivity index (χ3n) is 3.86. The zero-order valence-electron chi connectivity index (χ0n) is 12.7. The second-order valence-corrected chi connectivity index (χ2v) is 5.50. The largest absolute Gasteiger partial charge is 0.467 e. The van der Waals surface area contributed by atoms with Crippen LogP contribution in [-0.2, 0) is 17.7 Å². The molecule has 1 amide bonds. The molecule has 0 aliphatic carbocycles. The van der Waals surface area contributed by atoms with Gasteiger partial charge in [-0.2, -0.15) is 0 Å². The Labute approximate surface area is 129 Å². The van der Waals surface area contributed by atoms with Gasteiger partial charge in [0.25, 0.3) is 5.91 Å². The summed E-state index contributed by atoms with van der Waals surface area (Å²) >= 11 is 0. The molecule has 1 saturated heterocycles. The van der Waals surface area contributed by atoms with Crippen LogP contribution >= 0.6 is 0 Å². The van der Waals surface area contributed by atoms with Crippen LogP contribution in [0.15, 0.2) is 29.0 Å². The minimum atomic E-state index is -0.0703. The Kier molecular flexibility index (Phi) is 4.58. The van der Waals surface area contributed by atoms with Crippen LogP contribution in [0.25, 0.3) is 0 Å². The van der Waals surface area contributed by atoms with E-state index in [0.717, 1.165) is 37.5 Å². The van der Waals surface area contributed by atoms with E-state index in [1.165, 1.54) is 0 Å². The molecular weight excluding hydrogens is 282 g/mol. The fourth-order valence-electron chi connectivity index (χ4n) is 2.67. The number of hydrogen-bond donors (Lipinski definition) is 1. The average molecular weight is 303 g/mol. The Morgan fingerprint density at radius 1 is 1.55 bits per heavy atom. The predicted octanol–water partition coefficient (Wildman–Crippen LogP) is 2.39. The minimum Gasteiger partial charge on any atom is -0.467 e. The fourth-order valence-corrected chi connectivity index (χ4v) is 2.67. The van der Waals surface area contributed by atoms with Crippen LogP contribution in [0, 0.1) is 0 Å². The van der Waals surface area contributed by atoms with E-state index in [9.17, 15) is 4.79 Å². The Balaban J connectivity index is 1.74. The Morgan fingerprint density at radius 3 is 3.09 bits per heavy atom. The molecule has 0 unspecified atom stereocenters. The van der Waals surface area contributed by atoms with Crippen molar-refractivity contribution in [2.75, 3.05) is 13.2 Å². The first kappa shape index (κ1) is 14.8. The summed E-state index contributed by atoms with van der Waals surface area (Å²) in [6.07, 6.45) is 6.15. The number of nitrogens with one attached hydrogen (secondary N) is 1. The molecule has 3 heterocycles. The number of carbonyl (C=O) groups is 1. The lowest BCUT2D eigenvalue weighted by atomic mass is 10.2. The van der Waals surface area contributed by atoms with Crippen LogP contribution in [0.5, 0.6) is 0 Å². The van der Waals surface area contributed by atoms with Gasteiger partial charge in [0.2, 0.25) is 0 Å². The van der Waals surface area contributed by atoms with Crippen LogP contribution < -0.4 is 0 Å². The van der Waals surface area contributed by atoms with Crippen LogP contribution in [0.2, 0.25) is 0 Å². The third-order valence-corrected chi connectivity index (χ3v) is 3.86. The summed E-state index contributed by atoms with van der Waals surface area (Å²) in [4.78, 5) is 21.8. The van der Waals surface area contributed by atoms with Crippen molar-refractivity contribution in [1.29, 1.82) is 0 Å². The molecule has 2 aromatic rings. The molecule has 0 aromatic carbocycles. The highest BCUT2D eigenvalue weighted by Crippen LogP contribution is 2.17. The third kappa shape index (κ3) is 3.39. The molecule has 22 heavy (non-hydrogen) atoms. The first-order valence-electron chi connectivity index (χ1n) is 7.73. The van der Waals surface area contributed by atoms with E-state index >= 15 is 0 Å². The van der Waals surface area contributed by atoms with E-state index in [1.807, 2.05) is 19.1 Å². The number of carbonyl (C=O) groups excluding carboxylic acids is 1. The summed E-state index contributed by atoms with van der Waals surface area (Å²) in [7, 11) is 0. The van der Waals surface area contributed by atoms with Crippen molar-refractivity contribution < 1.29 is 13.9 Å². The SMILES string of the molecule is CCc1ncc(C(=O)N(Cc2ccco2)C[C@@H]2CCCO2)[nH]1. The number of hydrogen-bond acceptors (Lipinski definition) is 4. The van der Waals surface area contributed by atoms with Crippen molar-refractivity contribution in [3.63, 3.8) is 0 Å². The zero-order chi connectivity index (χ0) is 15.4. The highest BCUT2D eigenvalue weighted by molar-refractivity contribution is 5.92. The highest BCUT2D eigenvalue weighted by Gasteiger charge is 2.25. The molecule has 0 radical (unpaired) electrons. The smallest absolute Gasteiger partial charge is 0.272 e. The van der Waals surface area contributed by atoms with E-state index < -0.39 is 0 Å². The average Bonchev–Trinajstić information content (AvgIpc) is 3.28. The molecule has 1 aliphatic heterocycles. The maximum atomic E-state index is 12.7. The van der Waals surface area contributed by atoms with E-state index in [1.54, 1.807) is 17.4 Å². The van der Waals surface area contributed by atoms with Crippen molar-refractivity contribution >= 4 is 5.91 Å². The molecule has 6 heteroatoms. The molecule has 1 atom stereocenters. The maximum Gasteiger partial charge on any atom is 0.272 e. The number of aryl methyl sites for hydroxylation is 1. The summed E-state index contributed by atoms with van der Waals surface area (Å²) in [5.74, 6) is 1.51. The summed E-state index contributed by atoms with van der Waals surface area (Å²) in [6, 6.07) is 3.70. The number of aromatic nitrogens is 2. The Morgan fingerprint density at radius 2 is 2.45 bits per heavy atom. The molecule has 118 valence electrons. The second kappa shape index (κ2) is 6.79. The normalized spacial score (nSPS) is 17.8. The van der Waals surface area contributed by atoms with E-state index in [4.69, 9.17) is 9.15 Å². The first-order chi connectivity index (χ1) is 10.8. The molecular formula is C16H21N3O3. The van der Waals surface area contributed by atoms with Gasteiger partial charge in [0.1, 0.15) is 17.3 Å². The molecule has 3 rings (SSSR count). The van der Waals surface area contributed by atoms with Gasteiger partial charge in [-0.05, 0) is 25.0 Å². The number of amides is 1. The summed E-state index contributed by atoms with van der Waals surface area (Å²) in [5, 5.41) is 0. The number of ether oxygens (including phenoxy) is 1. The first-order valence-corrected chi connectivity index (χ1v) is 7.73. The topological polar surface area (TPSA) is 71.4 Å². The minimum absolute atomic E-state index is 0.0703. The Hall–Kier alpha value is -2.08. The summed E-state index contributed by atoms with van der Waals surface area (Å²) in [6.45, 7) is 3.78. The van der Waals surface area contributed by atoms with Gasteiger partial charge in [-0.3, -0.25) is 4.79 Å². The lowest BCUT2D eigenvalue weighted by Crippen LogP contribution is -2.37. The number of imidazole rings is 1. The molecule has 0 bridgehead atoms. The van der Waals surface area contributed by atoms with Gasteiger partial charge >= 0.3 is 0 Å². The van der Waals surface area contributed by atoms with Crippen molar-refractivity contribution in [2.45, 2.75) is 38.8 Å². The number of rotatable bonds is 6. The van der Waals surface area contributed by atoms with Gasteiger partial charge in [-0.15, -0.1) is 0 Å². The van der Waals surface area contributed by atoms with Crippen LogP contribution in [0.1, 0.15) is 41.8 Å². The highest BCUT2D eigenvalue weighted by atomic mass is 16.5. The van der Waals surface area contributed by atoms with Crippen molar-refractivity contribution in [3.8, 4) is 0 Å².